The van der Waals surface area contributed by atoms with E-state index < -0.39 is 0 Å². The zero-order valence-corrected chi connectivity index (χ0v) is 23.4. The molecule has 0 N–H and O–H groups in total. The van der Waals surface area contributed by atoms with Gasteiger partial charge in [0, 0.05) is 0 Å². The van der Waals surface area contributed by atoms with Gasteiger partial charge in [-0.05, 0) is 78.4 Å². The van der Waals surface area contributed by atoms with Crippen LogP contribution in [0.15, 0.2) is 0 Å². The Hall–Kier alpha value is 0. The van der Waals surface area contributed by atoms with Gasteiger partial charge in [0.2, 0.25) is 0 Å². The van der Waals surface area contributed by atoms with Gasteiger partial charge in [0.1, 0.15) is 0 Å². The largest absolute Gasteiger partial charge is 0.0683 e. The van der Waals surface area contributed by atoms with Gasteiger partial charge in [-0.25, -0.2) is 0 Å². The van der Waals surface area contributed by atoms with Gasteiger partial charge >= 0.3 is 0 Å². The van der Waals surface area contributed by atoms with Crippen LogP contribution in [0.5, 0.6) is 0 Å². The molecular weight excluding hydrogens is 348 g/mol. The van der Waals surface area contributed by atoms with Crippen LogP contribution in [0.25, 0.3) is 0 Å². The standard InChI is InChI=1S/C15H30.C12H26.C2H6/c1-10(2)13-7-8-14(11(3)4)15(9-13)12(5)6;1-7-9-11(10(3)4)12(5,6)8-2;1-2/h10-15H,7-9H2,1-6H3;10-11H,7-9H2,1-6H3;1-2H3. The van der Waals surface area contributed by atoms with Crippen LogP contribution in [-0.2, 0) is 0 Å². The molecule has 1 aliphatic rings. The first-order valence-corrected chi connectivity index (χ1v) is 13.4. The van der Waals surface area contributed by atoms with Crippen molar-refractivity contribution in [3.63, 3.8) is 0 Å². The van der Waals surface area contributed by atoms with Crippen molar-refractivity contribution in [3.8, 4) is 0 Å². The van der Waals surface area contributed by atoms with E-state index in [2.05, 4.69) is 83.1 Å². The van der Waals surface area contributed by atoms with Crippen LogP contribution in [-0.4, -0.2) is 0 Å². The second-order valence-electron chi connectivity index (χ2n) is 11.6. The van der Waals surface area contributed by atoms with Crippen molar-refractivity contribution in [2.75, 3.05) is 0 Å². The average molecular weight is 411 g/mol. The van der Waals surface area contributed by atoms with Gasteiger partial charge < -0.3 is 0 Å². The minimum atomic E-state index is 0.532. The summed E-state index contributed by atoms with van der Waals surface area (Å²) < 4.78 is 0. The average Bonchev–Trinajstić information content (AvgIpc) is 2.67. The lowest BCUT2D eigenvalue weighted by atomic mass is 9.64. The topological polar surface area (TPSA) is 0 Å². The first kappa shape index (κ1) is 31.2. The molecule has 1 aliphatic carbocycles. The summed E-state index contributed by atoms with van der Waals surface area (Å²) in [5.41, 5.74) is 0.532. The second kappa shape index (κ2) is 15.8. The maximum Gasteiger partial charge on any atom is -0.0326 e. The van der Waals surface area contributed by atoms with E-state index in [4.69, 9.17) is 0 Å². The van der Waals surface area contributed by atoms with Gasteiger partial charge in [-0.15, -0.1) is 0 Å². The molecule has 0 aromatic carbocycles. The van der Waals surface area contributed by atoms with Crippen molar-refractivity contribution in [1.29, 1.82) is 0 Å². The van der Waals surface area contributed by atoms with Crippen molar-refractivity contribution < 1.29 is 0 Å². The Labute approximate surface area is 188 Å². The summed E-state index contributed by atoms with van der Waals surface area (Å²) in [5, 5.41) is 0. The molecule has 0 aromatic rings. The molecule has 0 radical (unpaired) electrons. The summed E-state index contributed by atoms with van der Waals surface area (Å²) in [5.74, 6) is 7.33. The summed E-state index contributed by atoms with van der Waals surface area (Å²) in [6, 6.07) is 0. The van der Waals surface area contributed by atoms with E-state index in [1.54, 1.807) is 0 Å². The Morgan fingerprint density at radius 1 is 0.724 bits per heavy atom. The molecule has 0 aliphatic heterocycles. The molecule has 1 rings (SSSR count). The maximum absolute atomic E-state index is 2.42. The van der Waals surface area contributed by atoms with Crippen molar-refractivity contribution in [1.82, 2.24) is 0 Å². The van der Waals surface area contributed by atoms with Crippen LogP contribution in [0.1, 0.15) is 135 Å². The van der Waals surface area contributed by atoms with E-state index in [1.165, 1.54) is 38.5 Å². The maximum atomic E-state index is 2.42. The van der Waals surface area contributed by atoms with E-state index in [-0.39, 0.29) is 0 Å². The van der Waals surface area contributed by atoms with Gasteiger partial charge in [0.05, 0.1) is 0 Å². The number of hydrogen-bond acceptors (Lipinski definition) is 0. The van der Waals surface area contributed by atoms with Gasteiger partial charge in [0.15, 0.2) is 0 Å². The zero-order chi connectivity index (χ0) is 23.4. The van der Waals surface area contributed by atoms with Crippen LogP contribution in [0.2, 0.25) is 0 Å². The number of hydrogen-bond donors (Lipinski definition) is 0. The fraction of sp³-hybridized carbons (Fsp3) is 1.00. The highest BCUT2D eigenvalue weighted by Crippen LogP contribution is 2.44. The van der Waals surface area contributed by atoms with Gasteiger partial charge in [-0.3, -0.25) is 0 Å². The molecule has 4 unspecified atom stereocenters. The third-order valence-corrected chi connectivity index (χ3v) is 7.97. The smallest absolute Gasteiger partial charge is 0.0326 e. The highest BCUT2D eigenvalue weighted by atomic mass is 14.4. The fourth-order valence-corrected chi connectivity index (χ4v) is 5.66. The first-order chi connectivity index (χ1) is 13.4. The van der Waals surface area contributed by atoms with Crippen molar-refractivity contribution >= 4 is 0 Å². The molecule has 0 heterocycles. The molecule has 0 spiro atoms. The van der Waals surface area contributed by atoms with Crippen LogP contribution in [0.3, 0.4) is 0 Å². The molecule has 0 saturated heterocycles. The molecule has 0 nitrogen and oxygen atoms in total. The lowest BCUT2D eigenvalue weighted by Crippen LogP contribution is -2.33. The third kappa shape index (κ3) is 11.3. The summed E-state index contributed by atoms with van der Waals surface area (Å²) in [4.78, 5) is 0. The molecule has 4 atom stereocenters. The SMILES string of the molecule is CC.CC(C)C1CCC(C(C)C)C(C(C)C)C1.CCCC(C(C)C)C(C)(C)CC. The van der Waals surface area contributed by atoms with Crippen LogP contribution < -0.4 is 0 Å². The Morgan fingerprint density at radius 3 is 1.52 bits per heavy atom. The fourth-order valence-electron chi connectivity index (χ4n) is 5.66. The molecule has 1 fully saturated rings. The molecule has 0 amide bonds. The molecule has 178 valence electrons. The van der Waals surface area contributed by atoms with Gasteiger partial charge in [-0.1, -0.05) is 110 Å². The van der Waals surface area contributed by atoms with Gasteiger partial charge in [-0.2, -0.15) is 0 Å². The highest BCUT2D eigenvalue weighted by Gasteiger charge is 2.34. The summed E-state index contributed by atoms with van der Waals surface area (Å²) in [6.07, 6.45) is 8.45. The quantitative estimate of drug-likeness (QED) is 0.373. The molecule has 0 heteroatoms. The minimum absolute atomic E-state index is 0.532. The summed E-state index contributed by atoms with van der Waals surface area (Å²) >= 11 is 0. The van der Waals surface area contributed by atoms with E-state index in [0.717, 1.165) is 47.3 Å². The Bertz CT molecular complexity index is 360. The van der Waals surface area contributed by atoms with E-state index in [9.17, 15) is 0 Å². The normalized spacial score (nSPS) is 23.6. The lowest BCUT2D eigenvalue weighted by molar-refractivity contribution is 0.0815. The van der Waals surface area contributed by atoms with Gasteiger partial charge in [0.25, 0.3) is 0 Å². The summed E-state index contributed by atoms with van der Waals surface area (Å²) in [6.45, 7) is 32.6. The monoisotopic (exact) mass is 410 g/mol. The highest BCUT2D eigenvalue weighted by molar-refractivity contribution is 4.84. The molecule has 0 aromatic heterocycles. The van der Waals surface area contributed by atoms with E-state index in [0.29, 0.717) is 5.41 Å². The third-order valence-electron chi connectivity index (χ3n) is 7.97. The van der Waals surface area contributed by atoms with Crippen molar-refractivity contribution in [2.45, 2.75) is 135 Å². The molecule has 1 saturated carbocycles. The Kier molecular flexibility index (Phi) is 16.9. The predicted molar refractivity (Wildman–Crippen MR) is 137 cm³/mol. The first-order valence-electron chi connectivity index (χ1n) is 13.4. The minimum Gasteiger partial charge on any atom is -0.0683 e. The second-order valence-corrected chi connectivity index (χ2v) is 11.6. The Morgan fingerprint density at radius 2 is 1.21 bits per heavy atom. The predicted octanol–water partition coefficient (Wildman–Crippen LogP) is 10.5. The number of rotatable bonds is 8. The Balaban J connectivity index is 0. The molecular formula is C29H62. The van der Waals surface area contributed by atoms with Crippen LogP contribution in [0.4, 0.5) is 0 Å². The van der Waals surface area contributed by atoms with Crippen LogP contribution in [0, 0.1) is 52.8 Å². The van der Waals surface area contributed by atoms with Crippen LogP contribution >= 0.6 is 0 Å². The molecule has 0 bridgehead atoms. The van der Waals surface area contributed by atoms with Crippen molar-refractivity contribution in [2.24, 2.45) is 52.8 Å². The molecule has 29 heavy (non-hydrogen) atoms. The summed E-state index contributed by atoms with van der Waals surface area (Å²) in [7, 11) is 0. The lowest BCUT2D eigenvalue weighted by Gasteiger charge is -2.42. The van der Waals surface area contributed by atoms with E-state index >= 15 is 0 Å². The van der Waals surface area contributed by atoms with Crippen molar-refractivity contribution in [3.05, 3.63) is 0 Å². The zero-order valence-electron chi connectivity index (χ0n) is 23.4. The van der Waals surface area contributed by atoms with E-state index in [1.807, 2.05) is 13.8 Å².